The van der Waals surface area contributed by atoms with Crippen LogP contribution in [0.2, 0.25) is 0 Å². The van der Waals surface area contributed by atoms with E-state index in [0.29, 0.717) is 39.5 Å². The third kappa shape index (κ3) is 3.29. The Balaban J connectivity index is 2.15. The van der Waals surface area contributed by atoms with Gasteiger partial charge in [-0.05, 0) is 35.4 Å². The molecular weight excluding hydrogens is 354 g/mol. The van der Waals surface area contributed by atoms with Gasteiger partial charge < -0.3 is 18.9 Å². The Kier molecular flexibility index (Phi) is 4.98. The molecule has 0 unspecified atom stereocenters. The van der Waals surface area contributed by atoms with E-state index in [2.05, 4.69) is 0 Å². The number of nitro benzene ring substituents is 1. The minimum absolute atomic E-state index is 0.0555. The molecule has 0 aliphatic carbocycles. The van der Waals surface area contributed by atoms with Crippen LogP contribution in [0.15, 0.2) is 36.4 Å². The van der Waals surface area contributed by atoms with Crippen LogP contribution in [-0.2, 0) is 9.53 Å². The second kappa shape index (κ2) is 7.36. The van der Waals surface area contributed by atoms with Crippen LogP contribution in [0.5, 0.6) is 17.2 Å². The molecule has 0 aromatic heterocycles. The normalized spacial score (nSPS) is 13.4. The molecule has 0 N–H and O–H groups in total. The maximum atomic E-state index is 12.3. The smallest absolute Gasteiger partial charge is 0.339 e. The number of cyclic esters (lactones) is 1. The number of rotatable bonds is 6. The van der Waals surface area contributed by atoms with Crippen molar-refractivity contribution >= 4 is 22.8 Å². The Hall–Kier alpha value is -3.55. The molecule has 0 fully saturated rings. The summed E-state index contributed by atoms with van der Waals surface area (Å²) in [7, 11) is 4.51. The molecule has 140 valence electrons. The summed E-state index contributed by atoms with van der Waals surface area (Å²) in [5.41, 5.74) is 2.13. The van der Waals surface area contributed by atoms with Gasteiger partial charge in [0.1, 0.15) is 6.61 Å². The highest BCUT2D eigenvalue weighted by Crippen LogP contribution is 2.42. The molecule has 27 heavy (non-hydrogen) atoms. The number of carbonyl (C=O) groups excluding carboxylic acids is 1. The monoisotopic (exact) mass is 371 g/mol. The Morgan fingerprint density at radius 2 is 1.56 bits per heavy atom. The maximum absolute atomic E-state index is 12.3. The van der Waals surface area contributed by atoms with Crippen LogP contribution in [0.1, 0.15) is 11.1 Å². The van der Waals surface area contributed by atoms with Crippen molar-refractivity contribution in [2.24, 2.45) is 0 Å². The Morgan fingerprint density at radius 1 is 0.963 bits per heavy atom. The number of benzene rings is 2. The lowest BCUT2D eigenvalue weighted by molar-refractivity contribution is -0.384. The molecule has 0 radical (unpaired) electrons. The summed E-state index contributed by atoms with van der Waals surface area (Å²) in [5.74, 6) is 0.836. The van der Waals surface area contributed by atoms with Crippen molar-refractivity contribution in [1.29, 1.82) is 0 Å². The van der Waals surface area contributed by atoms with Crippen LogP contribution in [0, 0.1) is 10.1 Å². The molecule has 0 atom stereocenters. The molecule has 0 saturated carbocycles. The predicted octanol–water partition coefficient (Wildman–Crippen LogP) is 3.09. The van der Waals surface area contributed by atoms with Gasteiger partial charge in [-0.1, -0.05) is 0 Å². The average molecular weight is 371 g/mol. The quantitative estimate of drug-likeness (QED) is 0.437. The number of hydrogen-bond acceptors (Lipinski definition) is 7. The zero-order valence-electron chi connectivity index (χ0n) is 15.0. The van der Waals surface area contributed by atoms with E-state index in [4.69, 9.17) is 18.9 Å². The van der Waals surface area contributed by atoms with E-state index >= 15 is 0 Å². The van der Waals surface area contributed by atoms with Crippen molar-refractivity contribution < 1.29 is 28.7 Å². The minimum atomic E-state index is -0.495. The van der Waals surface area contributed by atoms with E-state index in [1.54, 1.807) is 12.1 Å². The number of non-ortho nitro benzene ring substituents is 1. The number of methoxy groups -OCH3 is 3. The van der Waals surface area contributed by atoms with Gasteiger partial charge in [0.2, 0.25) is 5.75 Å². The number of carbonyl (C=O) groups is 1. The fourth-order valence-electron chi connectivity index (χ4n) is 2.93. The van der Waals surface area contributed by atoms with Crippen molar-refractivity contribution in [2.45, 2.75) is 0 Å². The molecule has 2 aromatic rings. The van der Waals surface area contributed by atoms with Crippen LogP contribution in [0.3, 0.4) is 0 Å². The summed E-state index contributed by atoms with van der Waals surface area (Å²) >= 11 is 0. The molecule has 2 aromatic carbocycles. The summed E-state index contributed by atoms with van der Waals surface area (Å²) in [5, 5.41) is 10.8. The van der Waals surface area contributed by atoms with Gasteiger partial charge in [-0.3, -0.25) is 10.1 Å². The topological polar surface area (TPSA) is 97.1 Å². The van der Waals surface area contributed by atoms with E-state index in [9.17, 15) is 14.9 Å². The van der Waals surface area contributed by atoms with E-state index in [1.807, 2.05) is 0 Å². The van der Waals surface area contributed by atoms with Crippen molar-refractivity contribution in [3.8, 4) is 17.2 Å². The molecule has 0 spiro atoms. The van der Waals surface area contributed by atoms with Crippen LogP contribution < -0.4 is 14.2 Å². The minimum Gasteiger partial charge on any atom is -0.493 e. The molecule has 1 aliphatic heterocycles. The summed E-state index contributed by atoms with van der Waals surface area (Å²) in [6, 6.07) is 9.20. The van der Waals surface area contributed by atoms with Crippen molar-refractivity contribution in [1.82, 2.24) is 0 Å². The molecule has 8 nitrogen and oxygen atoms in total. The van der Waals surface area contributed by atoms with E-state index in [1.165, 1.54) is 45.6 Å². The van der Waals surface area contributed by atoms with Gasteiger partial charge in [0.25, 0.3) is 5.69 Å². The summed E-state index contributed by atoms with van der Waals surface area (Å²) in [6.07, 6.45) is 0. The van der Waals surface area contributed by atoms with Crippen LogP contribution in [-0.4, -0.2) is 38.8 Å². The lowest BCUT2D eigenvalue weighted by atomic mass is 9.96. The Bertz CT molecular complexity index is 907. The van der Waals surface area contributed by atoms with Gasteiger partial charge in [0, 0.05) is 17.7 Å². The highest BCUT2D eigenvalue weighted by atomic mass is 16.6. The molecule has 0 bridgehead atoms. The first-order chi connectivity index (χ1) is 13.0. The molecule has 3 rings (SSSR count). The molecule has 0 amide bonds. The van der Waals surface area contributed by atoms with Crippen molar-refractivity contribution in [3.63, 3.8) is 0 Å². The fourth-order valence-corrected chi connectivity index (χ4v) is 2.93. The number of nitrogens with zero attached hydrogens (tertiary/aromatic N) is 1. The highest BCUT2D eigenvalue weighted by Gasteiger charge is 2.29. The van der Waals surface area contributed by atoms with Gasteiger partial charge in [0.15, 0.2) is 11.5 Å². The summed E-state index contributed by atoms with van der Waals surface area (Å²) in [4.78, 5) is 22.7. The third-order valence-corrected chi connectivity index (χ3v) is 4.23. The zero-order chi connectivity index (χ0) is 19.6. The standard InChI is InChI=1S/C19H17NO7/c1-24-15-8-12(9-16(25-2)18(15)26-3)14-10-27-19(21)17(14)11-4-6-13(7-5-11)20(22)23/h4-9H,10H2,1-3H3. The van der Waals surface area contributed by atoms with Gasteiger partial charge in [0.05, 0.1) is 31.8 Å². The van der Waals surface area contributed by atoms with Crippen LogP contribution in [0.25, 0.3) is 11.1 Å². The third-order valence-electron chi connectivity index (χ3n) is 4.23. The van der Waals surface area contributed by atoms with Gasteiger partial charge in [-0.2, -0.15) is 0 Å². The molecule has 1 aliphatic rings. The Labute approximate surface area is 155 Å². The second-order valence-corrected chi connectivity index (χ2v) is 5.65. The fraction of sp³-hybridized carbons (Fsp3) is 0.211. The second-order valence-electron chi connectivity index (χ2n) is 5.65. The molecule has 1 heterocycles. The predicted molar refractivity (Wildman–Crippen MR) is 97.0 cm³/mol. The van der Waals surface area contributed by atoms with Crippen LogP contribution >= 0.6 is 0 Å². The number of ether oxygens (including phenoxy) is 4. The zero-order valence-corrected chi connectivity index (χ0v) is 15.0. The molecular formula is C19H17NO7. The molecule has 0 saturated heterocycles. The highest BCUT2D eigenvalue weighted by molar-refractivity contribution is 6.27. The lowest BCUT2D eigenvalue weighted by Gasteiger charge is -2.14. The SMILES string of the molecule is COc1cc(C2=C(c3ccc([N+](=O)[O-])cc3)C(=O)OC2)cc(OC)c1OC. The Morgan fingerprint density at radius 3 is 2.04 bits per heavy atom. The average Bonchev–Trinajstić information content (AvgIpc) is 3.08. The summed E-state index contributed by atoms with van der Waals surface area (Å²) < 4.78 is 21.2. The lowest BCUT2D eigenvalue weighted by Crippen LogP contribution is -1.99. The van der Waals surface area contributed by atoms with Crippen LogP contribution in [0.4, 0.5) is 5.69 Å². The molecule has 8 heteroatoms. The largest absolute Gasteiger partial charge is 0.493 e. The van der Waals surface area contributed by atoms with Gasteiger partial charge in [-0.25, -0.2) is 4.79 Å². The van der Waals surface area contributed by atoms with Crippen molar-refractivity contribution in [3.05, 3.63) is 57.6 Å². The maximum Gasteiger partial charge on any atom is 0.339 e. The summed E-state index contributed by atoms with van der Waals surface area (Å²) in [6.45, 7) is 0.0732. The van der Waals surface area contributed by atoms with E-state index in [0.717, 1.165) is 0 Å². The number of hydrogen-bond donors (Lipinski definition) is 0. The van der Waals surface area contributed by atoms with Crippen molar-refractivity contribution in [2.75, 3.05) is 27.9 Å². The number of esters is 1. The number of nitro groups is 1. The van der Waals surface area contributed by atoms with Gasteiger partial charge >= 0.3 is 5.97 Å². The first-order valence-electron chi connectivity index (χ1n) is 7.95. The van der Waals surface area contributed by atoms with Gasteiger partial charge in [-0.15, -0.1) is 0 Å². The van der Waals surface area contributed by atoms with E-state index in [-0.39, 0.29) is 12.3 Å². The first kappa shape index (κ1) is 18.2. The first-order valence-corrected chi connectivity index (χ1v) is 7.95. The van der Waals surface area contributed by atoms with E-state index < -0.39 is 10.9 Å².